The molecule has 22 heavy (non-hydrogen) atoms. The van der Waals surface area contributed by atoms with Crippen molar-refractivity contribution < 1.29 is 19.6 Å². The smallest absolute Gasteiger partial charge is 0.269 e. The van der Waals surface area contributed by atoms with Gasteiger partial charge in [0, 0.05) is 27.7 Å². The van der Waals surface area contributed by atoms with Crippen LogP contribution in [0, 0.1) is 10.1 Å². The number of benzene rings is 2. The maximum Gasteiger partial charge on any atom is 0.269 e. The van der Waals surface area contributed by atoms with Gasteiger partial charge in [-0.25, -0.2) is 0 Å². The minimum atomic E-state index is -1.43. The van der Waals surface area contributed by atoms with E-state index in [1.54, 1.807) is 6.07 Å². The molecule has 0 heterocycles. The van der Waals surface area contributed by atoms with Gasteiger partial charge in [-0.3, -0.25) is 14.9 Å². The third-order valence-electron chi connectivity index (χ3n) is 2.79. The van der Waals surface area contributed by atoms with Crippen molar-refractivity contribution in [3.05, 3.63) is 68.2 Å². The van der Waals surface area contributed by atoms with Crippen LogP contribution in [0.25, 0.3) is 0 Å². The first-order valence-electron chi connectivity index (χ1n) is 5.95. The maximum atomic E-state index is 12.0. The Morgan fingerprint density at radius 1 is 1.09 bits per heavy atom. The molecule has 0 fully saturated rings. The van der Waals surface area contributed by atoms with Crippen molar-refractivity contribution in [3.63, 3.8) is 0 Å². The molecule has 0 saturated carbocycles. The number of hydrogen-bond acceptors (Lipinski definition) is 5. The molecule has 8 heteroatoms. The van der Waals surface area contributed by atoms with E-state index in [1.807, 2.05) is 0 Å². The molecule has 0 spiro atoms. The number of carbonyl (C=O) groups excluding carboxylic acids is 2. The number of hydrogen-bond donors (Lipinski definition) is 1. The molecule has 1 N–H and O–H groups in total. The molecular weight excluding hydrogens is 356 g/mol. The van der Waals surface area contributed by atoms with Crippen LogP contribution >= 0.6 is 15.9 Å². The number of amides is 1. The van der Waals surface area contributed by atoms with Crippen molar-refractivity contribution in [2.45, 2.75) is 0 Å². The number of aromatic carboxylic acids is 1. The van der Waals surface area contributed by atoms with Crippen LogP contribution in [0.4, 0.5) is 11.4 Å². The van der Waals surface area contributed by atoms with E-state index < -0.39 is 16.8 Å². The molecule has 0 aliphatic heterocycles. The standard InChI is InChI=1S/C14H9BrN2O5/c15-9-3-6-12(11(7-9)14(19)20)16-13(18)8-1-4-10(5-2-8)17(21)22/h1-7H,(H,16,18)(H,19,20)/p-1. The fourth-order valence-electron chi connectivity index (χ4n) is 1.72. The summed E-state index contributed by atoms with van der Waals surface area (Å²) in [6, 6.07) is 9.24. The predicted molar refractivity (Wildman–Crippen MR) is 79.5 cm³/mol. The average Bonchev–Trinajstić information content (AvgIpc) is 2.48. The molecule has 2 aromatic rings. The molecule has 0 saturated heterocycles. The maximum absolute atomic E-state index is 12.0. The van der Waals surface area contributed by atoms with Gasteiger partial charge in [0.15, 0.2) is 0 Å². The van der Waals surface area contributed by atoms with Gasteiger partial charge in [0.05, 0.1) is 16.6 Å². The summed E-state index contributed by atoms with van der Waals surface area (Å²) in [4.78, 5) is 33.1. The van der Waals surface area contributed by atoms with Crippen LogP contribution in [-0.4, -0.2) is 16.8 Å². The molecule has 0 radical (unpaired) electrons. The Balaban J connectivity index is 2.25. The Kier molecular flexibility index (Phi) is 4.52. The second-order valence-electron chi connectivity index (χ2n) is 4.24. The number of anilines is 1. The molecule has 7 nitrogen and oxygen atoms in total. The molecule has 0 aliphatic rings. The van der Waals surface area contributed by atoms with Crippen LogP contribution in [0.5, 0.6) is 0 Å². The van der Waals surface area contributed by atoms with Gasteiger partial charge < -0.3 is 15.2 Å². The van der Waals surface area contributed by atoms with Gasteiger partial charge in [0.1, 0.15) is 0 Å². The van der Waals surface area contributed by atoms with Gasteiger partial charge in [-0.1, -0.05) is 15.9 Å². The molecule has 0 bridgehead atoms. The minimum Gasteiger partial charge on any atom is -0.545 e. The molecule has 112 valence electrons. The van der Waals surface area contributed by atoms with E-state index in [2.05, 4.69) is 21.2 Å². The van der Waals surface area contributed by atoms with E-state index in [4.69, 9.17) is 0 Å². The highest BCUT2D eigenvalue weighted by atomic mass is 79.9. The van der Waals surface area contributed by atoms with Crippen molar-refractivity contribution in [2.24, 2.45) is 0 Å². The lowest BCUT2D eigenvalue weighted by atomic mass is 10.1. The average molecular weight is 364 g/mol. The number of nitrogens with one attached hydrogen (secondary N) is 1. The summed E-state index contributed by atoms with van der Waals surface area (Å²) in [5, 5.41) is 24.0. The monoisotopic (exact) mass is 363 g/mol. The molecular formula is C14H8BrN2O5-. The zero-order chi connectivity index (χ0) is 16.3. The van der Waals surface area contributed by atoms with E-state index in [0.29, 0.717) is 4.47 Å². The Labute approximate surface area is 132 Å². The summed E-state index contributed by atoms with van der Waals surface area (Å²) in [6.45, 7) is 0. The third-order valence-corrected chi connectivity index (χ3v) is 3.28. The Hall–Kier alpha value is -2.74. The first-order chi connectivity index (χ1) is 10.4. The van der Waals surface area contributed by atoms with E-state index in [1.165, 1.54) is 36.4 Å². The lowest BCUT2D eigenvalue weighted by Crippen LogP contribution is -2.25. The van der Waals surface area contributed by atoms with E-state index in [0.717, 1.165) is 0 Å². The molecule has 0 unspecified atom stereocenters. The number of nitro benzene ring substituents is 1. The molecule has 2 rings (SSSR count). The number of nitro groups is 1. The summed E-state index contributed by atoms with van der Waals surface area (Å²) in [7, 11) is 0. The van der Waals surface area contributed by atoms with Crippen LogP contribution in [-0.2, 0) is 0 Å². The third kappa shape index (κ3) is 3.47. The lowest BCUT2D eigenvalue weighted by molar-refractivity contribution is -0.384. The van der Waals surface area contributed by atoms with Crippen molar-refractivity contribution in [1.29, 1.82) is 0 Å². The number of rotatable bonds is 4. The van der Waals surface area contributed by atoms with Gasteiger partial charge in [0.25, 0.3) is 11.6 Å². The van der Waals surface area contributed by atoms with Crippen molar-refractivity contribution in [1.82, 2.24) is 0 Å². The molecule has 0 aromatic heterocycles. The first kappa shape index (κ1) is 15.6. The molecule has 2 aromatic carbocycles. The van der Waals surface area contributed by atoms with E-state index in [-0.39, 0.29) is 22.5 Å². The number of halogens is 1. The number of carbonyl (C=O) groups is 2. The Morgan fingerprint density at radius 3 is 2.27 bits per heavy atom. The fourth-order valence-corrected chi connectivity index (χ4v) is 2.08. The number of non-ortho nitro benzene ring substituents is 1. The largest absolute Gasteiger partial charge is 0.545 e. The van der Waals surface area contributed by atoms with Gasteiger partial charge in [-0.2, -0.15) is 0 Å². The Morgan fingerprint density at radius 2 is 1.73 bits per heavy atom. The normalized spacial score (nSPS) is 10.0. The van der Waals surface area contributed by atoms with Gasteiger partial charge in [0.2, 0.25) is 0 Å². The zero-order valence-electron chi connectivity index (χ0n) is 10.9. The summed E-state index contributed by atoms with van der Waals surface area (Å²) >= 11 is 3.13. The van der Waals surface area contributed by atoms with Crippen LogP contribution in [0.2, 0.25) is 0 Å². The highest BCUT2D eigenvalue weighted by molar-refractivity contribution is 9.10. The van der Waals surface area contributed by atoms with Crippen LogP contribution in [0.15, 0.2) is 46.9 Å². The van der Waals surface area contributed by atoms with Crippen molar-refractivity contribution >= 4 is 39.2 Å². The van der Waals surface area contributed by atoms with Crippen molar-refractivity contribution in [2.75, 3.05) is 5.32 Å². The first-order valence-corrected chi connectivity index (χ1v) is 6.74. The fraction of sp³-hybridized carbons (Fsp3) is 0. The van der Waals surface area contributed by atoms with Crippen molar-refractivity contribution in [3.8, 4) is 0 Å². The van der Waals surface area contributed by atoms with Gasteiger partial charge >= 0.3 is 0 Å². The van der Waals surface area contributed by atoms with Gasteiger partial charge in [-0.05, 0) is 30.3 Å². The molecule has 1 amide bonds. The SMILES string of the molecule is O=C(Nc1ccc(Br)cc1C(=O)[O-])c1ccc([N+](=O)[O-])cc1. The molecule has 0 aliphatic carbocycles. The second-order valence-corrected chi connectivity index (χ2v) is 5.15. The second kappa shape index (κ2) is 6.35. The van der Waals surface area contributed by atoms with Crippen LogP contribution in [0.3, 0.4) is 0 Å². The van der Waals surface area contributed by atoms with Gasteiger partial charge in [-0.15, -0.1) is 0 Å². The molecule has 0 atom stereocenters. The van der Waals surface area contributed by atoms with Crippen LogP contribution < -0.4 is 10.4 Å². The van der Waals surface area contributed by atoms with E-state index >= 15 is 0 Å². The quantitative estimate of drug-likeness (QED) is 0.658. The highest BCUT2D eigenvalue weighted by Crippen LogP contribution is 2.21. The van der Waals surface area contributed by atoms with Crippen LogP contribution in [0.1, 0.15) is 20.7 Å². The predicted octanol–water partition coefficient (Wildman–Crippen LogP) is 1.97. The van der Waals surface area contributed by atoms with E-state index in [9.17, 15) is 24.8 Å². The highest BCUT2D eigenvalue weighted by Gasteiger charge is 2.12. The summed E-state index contributed by atoms with van der Waals surface area (Å²) in [5.41, 5.74) is -0.0791. The minimum absolute atomic E-state index is 0.0755. The Bertz CT molecular complexity index is 758. The number of carboxylic acid groups (broad SMARTS) is 1. The topological polar surface area (TPSA) is 112 Å². The summed E-state index contributed by atoms with van der Waals surface area (Å²) in [6.07, 6.45) is 0. The zero-order valence-corrected chi connectivity index (χ0v) is 12.5. The summed E-state index contributed by atoms with van der Waals surface area (Å²) in [5.74, 6) is -2.01. The number of nitrogens with zero attached hydrogens (tertiary/aromatic N) is 1. The number of carboxylic acids is 1. The lowest BCUT2D eigenvalue weighted by Gasteiger charge is -2.12. The summed E-state index contributed by atoms with van der Waals surface area (Å²) < 4.78 is 0.528.